The predicted molar refractivity (Wildman–Crippen MR) is 85.9 cm³/mol. The molecular formula is C17H25N3O2. The summed E-state index contributed by atoms with van der Waals surface area (Å²) in [5.74, 6) is -0.0775. The van der Waals surface area contributed by atoms with Crippen molar-refractivity contribution in [3.63, 3.8) is 0 Å². The van der Waals surface area contributed by atoms with Crippen LogP contribution >= 0.6 is 0 Å². The van der Waals surface area contributed by atoms with E-state index < -0.39 is 0 Å². The lowest BCUT2D eigenvalue weighted by Gasteiger charge is -2.22. The molecular weight excluding hydrogens is 278 g/mol. The summed E-state index contributed by atoms with van der Waals surface area (Å²) in [6.45, 7) is 7.18. The lowest BCUT2D eigenvalue weighted by Crippen LogP contribution is -2.33. The van der Waals surface area contributed by atoms with Gasteiger partial charge in [-0.05, 0) is 37.8 Å². The van der Waals surface area contributed by atoms with Crippen LogP contribution < -0.4 is 0 Å². The van der Waals surface area contributed by atoms with Crippen molar-refractivity contribution in [3.8, 4) is 0 Å². The molecule has 5 heteroatoms. The van der Waals surface area contributed by atoms with Crippen LogP contribution in [0.5, 0.6) is 0 Å². The fraction of sp³-hybridized carbons (Fsp3) is 0.588. The summed E-state index contributed by atoms with van der Waals surface area (Å²) in [6, 6.07) is 3.34. The third kappa shape index (κ3) is 3.84. The Hall–Kier alpha value is -1.91. The van der Waals surface area contributed by atoms with E-state index in [1.807, 2.05) is 9.80 Å². The first kappa shape index (κ1) is 16.5. The fourth-order valence-corrected chi connectivity index (χ4v) is 2.80. The maximum atomic E-state index is 12.6. The Morgan fingerprint density at radius 1 is 1.18 bits per heavy atom. The van der Waals surface area contributed by atoms with Crippen LogP contribution in [0.2, 0.25) is 0 Å². The van der Waals surface area contributed by atoms with Crippen LogP contribution in [0.4, 0.5) is 0 Å². The molecule has 0 radical (unpaired) electrons. The number of hydrogen-bond donors (Lipinski definition) is 0. The van der Waals surface area contributed by atoms with Gasteiger partial charge in [0.05, 0.1) is 0 Å². The van der Waals surface area contributed by atoms with Gasteiger partial charge < -0.3 is 9.80 Å². The highest BCUT2D eigenvalue weighted by Crippen LogP contribution is 2.13. The molecule has 22 heavy (non-hydrogen) atoms. The molecule has 1 aromatic rings. The Kier molecular flexibility index (Phi) is 5.92. The Morgan fingerprint density at radius 3 is 2.41 bits per heavy atom. The number of pyridine rings is 1. The number of carbonyl (C=O) groups excluding carboxylic acids is 2. The molecule has 0 N–H and O–H groups in total. The molecule has 2 heterocycles. The van der Waals surface area contributed by atoms with Crippen LogP contribution in [0, 0.1) is 0 Å². The second-order valence-electron chi connectivity index (χ2n) is 5.72. The normalized spacial score (nSPS) is 14.2. The smallest absolute Gasteiger partial charge is 0.272 e. The first-order chi connectivity index (χ1) is 10.7. The average molecular weight is 303 g/mol. The van der Waals surface area contributed by atoms with E-state index in [2.05, 4.69) is 18.8 Å². The number of rotatable bonds is 6. The maximum Gasteiger partial charge on any atom is 0.272 e. The molecule has 1 aliphatic rings. The molecule has 0 spiro atoms. The van der Waals surface area contributed by atoms with Crippen LogP contribution in [-0.4, -0.2) is 52.8 Å². The van der Waals surface area contributed by atoms with Crippen molar-refractivity contribution >= 4 is 11.8 Å². The van der Waals surface area contributed by atoms with Gasteiger partial charge in [-0.25, -0.2) is 0 Å². The maximum absolute atomic E-state index is 12.6. The minimum atomic E-state index is -0.0651. The van der Waals surface area contributed by atoms with Gasteiger partial charge in [0.15, 0.2) is 0 Å². The summed E-state index contributed by atoms with van der Waals surface area (Å²) >= 11 is 0. The van der Waals surface area contributed by atoms with E-state index in [-0.39, 0.29) is 11.8 Å². The highest BCUT2D eigenvalue weighted by atomic mass is 16.2. The monoisotopic (exact) mass is 303 g/mol. The summed E-state index contributed by atoms with van der Waals surface area (Å²) in [5.41, 5.74) is 0.931. The Morgan fingerprint density at radius 2 is 1.82 bits per heavy atom. The molecule has 0 unspecified atom stereocenters. The van der Waals surface area contributed by atoms with Gasteiger partial charge in [0, 0.05) is 37.9 Å². The van der Waals surface area contributed by atoms with E-state index in [0.29, 0.717) is 11.3 Å². The predicted octanol–water partition coefficient (Wildman–Crippen LogP) is 2.58. The van der Waals surface area contributed by atoms with Gasteiger partial charge >= 0.3 is 0 Å². The van der Waals surface area contributed by atoms with Crippen molar-refractivity contribution in [3.05, 3.63) is 29.6 Å². The molecule has 1 aromatic heterocycles. The average Bonchev–Trinajstić information content (AvgIpc) is 3.08. The zero-order chi connectivity index (χ0) is 15.9. The summed E-state index contributed by atoms with van der Waals surface area (Å²) in [7, 11) is 0. The van der Waals surface area contributed by atoms with E-state index in [1.165, 1.54) is 0 Å². The zero-order valence-corrected chi connectivity index (χ0v) is 13.5. The molecule has 0 saturated carbocycles. The fourth-order valence-electron chi connectivity index (χ4n) is 2.80. The lowest BCUT2D eigenvalue weighted by atomic mass is 10.1. The topological polar surface area (TPSA) is 53.5 Å². The highest BCUT2D eigenvalue weighted by molar-refractivity contribution is 5.98. The molecule has 2 rings (SSSR count). The van der Waals surface area contributed by atoms with E-state index in [9.17, 15) is 9.59 Å². The second kappa shape index (κ2) is 7.92. The molecule has 0 atom stereocenters. The molecule has 2 amide bonds. The van der Waals surface area contributed by atoms with E-state index in [0.717, 1.165) is 51.9 Å². The van der Waals surface area contributed by atoms with Gasteiger partial charge in [0.1, 0.15) is 5.69 Å². The summed E-state index contributed by atoms with van der Waals surface area (Å²) in [6.07, 6.45) is 5.51. The SMILES string of the molecule is CCCN(CCC)C(=O)c1ccnc(C(=O)N2CCCC2)c1. The minimum Gasteiger partial charge on any atom is -0.339 e. The van der Waals surface area contributed by atoms with Crippen LogP contribution in [0.1, 0.15) is 60.4 Å². The first-order valence-corrected chi connectivity index (χ1v) is 8.22. The van der Waals surface area contributed by atoms with Crippen LogP contribution in [0.15, 0.2) is 18.3 Å². The summed E-state index contributed by atoms with van der Waals surface area (Å²) in [4.78, 5) is 32.8. The minimum absolute atomic E-state index is 0.0124. The quantitative estimate of drug-likeness (QED) is 0.811. The van der Waals surface area contributed by atoms with Crippen molar-refractivity contribution in [2.24, 2.45) is 0 Å². The lowest BCUT2D eigenvalue weighted by molar-refractivity contribution is 0.0755. The third-order valence-corrected chi connectivity index (χ3v) is 3.89. The van der Waals surface area contributed by atoms with Gasteiger partial charge in [-0.3, -0.25) is 14.6 Å². The highest BCUT2D eigenvalue weighted by Gasteiger charge is 2.22. The van der Waals surface area contributed by atoms with Crippen molar-refractivity contribution in [2.45, 2.75) is 39.5 Å². The van der Waals surface area contributed by atoms with Crippen molar-refractivity contribution in [1.29, 1.82) is 0 Å². The standard InChI is InChI=1S/C17H25N3O2/c1-3-9-19(10-4-2)16(21)14-7-8-18-15(13-14)17(22)20-11-5-6-12-20/h7-8,13H,3-6,9-12H2,1-2H3. The second-order valence-corrected chi connectivity index (χ2v) is 5.72. The number of nitrogens with zero attached hydrogens (tertiary/aromatic N) is 3. The van der Waals surface area contributed by atoms with Crippen molar-refractivity contribution in [1.82, 2.24) is 14.8 Å². The zero-order valence-electron chi connectivity index (χ0n) is 13.5. The Balaban J connectivity index is 2.15. The van der Waals surface area contributed by atoms with Crippen LogP contribution in [-0.2, 0) is 0 Å². The molecule has 0 bridgehead atoms. The van der Waals surface area contributed by atoms with Crippen molar-refractivity contribution < 1.29 is 9.59 Å². The molecule has 5 nitrogen and oxygen atoms in total. The summed E-state index contributed by atoms with van der Waals surface area (Å²) in [5, 5.41) is 0. The van der Waals surface area contributed by atoms with Crippen molar-refractivity contribution in [2.75, 3.05) is 26.2 Å². The molecule has 1 fully saturated rings. The van der Waals surface area contributed by atoms with Gasteiger partial charge in [0.25, 0.3) is 11.8 Å². The molecule has 0 aromatic carbocycles. The number of likely N-dealkylation sites (tertiary alicyclic amines) is 1. The third-order valence-electron chi connectivity index (χ3n) is 3.89. The van der Waals surface area contributed by atoms with Crippen LogP contribution in [0.3, 0.4) is 0 Å². The molecule has 0 aliphatic carbocycles. The number of carbonyl (C=O) groups is 2. The van der Waals surface area contributed by atoms with E-state index in [4.69, 9.17) is 0 Å². The van der Waals surface area contributed by atoms with Gasteiger partial charge in [-0.1, -0.05) is 13.8 Å². The van der Waals surface area contributed by atoms with Crippen LogP contribution in [0.25, 0.3) is 0 Å². The van der Waals surface area contributed by atoms with E-state index in [1.54, 1.807) is 18.3 Å². The van der Waals surface area contributed by atoms with E-state index >= 15 is 0 Å². The Bertz CT molecular complexity index is 518. The summed E-state index contributed by atoms with van der Waals surface area (Å²) < 4.78 is 0. The Labute approximate surface area is 132 Å². The van der Waals surface area contributed by atoms with Gasteiger partial charge in [-0.15, -0.1) is 0 Å². The number of amides is 2. The number of aromatic nitrogens is 1. The largest absolute Gasteiger partial charge is 0.339 e. The molecule has 1 aliphatic heterocycles. The first-order valence-electron chi connectivity index (χ1n) is 8.22. The van der Waals surface area contributed by atoms with Gasteiger partial charge in [0.2, 0.25) is 0 Å². The van der Waals surface area contributed by atoms with Gasteiger partial charge in [-0.2, -0.15) is 0 Å². The molecule has 120 valence electrons. The molecule has 1 saturated heterocycles. The number of hydrogen-bond acceptors (Lipinski definition) is 3.